The molecule has 2 aromatic carbocycles. The zero-order valence-electron chi connectivity index (χ0n) is 17.3. The van der Waals surface area contributed by atoms with Crippen LogP contribution in [0.25, 0.3) is 11.0 Å². The van der Waals surface area contributed by atoms with Gasteiger partial charge in [0, 0.05) is 29.7 Å². The summed E-state index contributed by atoms with van der Waals surface area (Å²) in [7, 11) is 0. The van der Waals surface area contributed by atoms with E-state index in [1.165, 1.54) is 6.42 Å². The van der Waals surface area contributed by atoms with E-state index in [4.69, 9.17) is 4.42 Å². The Morgan fingerprint density at radius 3 is 2.86 bits per heavy atom. The van der Waals surface area contributed by atoms with Crippen LogP contribution >= 0.6 is 0 Å². The number of piperidine rings is 1. The SMILES string of the molecule is Cc1cccc(NC(=O)c2c(C)oc3ccc(O)c(CN4CCC[C@@H](C)C4)c23)c1. The largest absolute Gasteiger partial charge is 0.508 e. The van der Waals surface area contributed by atoms with Crippen molar-refractivity contribution >= 4 is 22.6 Å². The molecule has 1 saturated heterocycles. The van der Waals surface area contributed by atoms with Crippen LogP contribution in [-0.2, 0) is 6.54 Å². The molecule has 5 heteroatoms. The lowest BCUT2D eigenvalue weighted by molar-refractivity contribution is 0.102. The third-order valence-corrected chi connectivity index (χ3v) is 5.74. The zero-order chi connectivity index (χ0) is 20.5. The molecule has 3 aromatic rings. The average molecular weight is 392 g/mol. The van der Waals surface area contributed by atoms with Crippen LogP contribution in [-0.4, -0.2) is 29.0 Å². The third-order valence-electron chi connectivity index (χ3n) is 5.74. The summed E-state index contributed by atoms with van der Waals surface area (Å²) in [6, 6.07) is 11.1. The van der Waals surface area contributed by atoms with Crippen molar-refractivity contribution in [1.29, 1.82) is 0 Å². The number of likely N-dealkylation sites (tertiary alicyclic amines) is 1. The molecule has 152 valence electrons. The molecule has 1 aromatic heterocycles. The summed E-state index contributed by atoms with van der Waals surface area (Å²) < 4.78 is 5.90. The standard InChI is InChI=1S/C24H28N2O3/c1-15-6-4-8-18(12-15)25-24(28)22-17(3)29-21-10-9-20(27)19(23(21)22)14-26-11-5-7-16(2)13-26/h4,6,8-10,12,16,27H,5,7,11,13-14H2,1-3H3,(H,25,28)/t16-/m1/s1. The number of rotatable bonds is 4. The Hall–Kier alpha value is -2.79. The lowest BCUT2D eigenvalue weighted by atomic mass is 9.98. The van der Waals surface area contributed by atoms with Crippen molar-refractivity contribution < 1.29 is 14.3 Å². The van der Waals surface area contributed by atoms with E-state index in [0.717, 1.165) is 36.3 Å². The normalized spacial score (nSPS) is 17.6. The molecule has 0 bridgehead atoms. The summed E-state index contributed by atoms with van der Waals surface area (Å²) in [5.41, 5.74) is 3.72. The Morgan fingerprint density at radius 2 is 2.10 bits per heavy atom. The fourth-order valence-electron chi connectivity index (χ4n) is 4.37. The second-order valence-electron chi connectivity index (χ2n) is 8.28. The summed E-state index contributed by atoms with van der Waals surface area (Å²) >= 11 is 0. The number of hydrogen-bond donors (Lipinski definition) is 2. The van der Waals surface area contributed by atoms with Gasteiger partial charge in [-0.3, -0.25) is 9.69 Å². The molecule has 2 heterocycles. The third kappa shape index (κ3) is 4.01. The van der Waals surface area contributed by atoms with E-state index in [1.54, 1.807) is 19.1 Å². The molecule has 0 radical (unpaired) electrons. The molecule has 1 aliphatic rings. The van der Waals surface area contributed by atoms with Gasteiger partial charge < -0.3 is 14.8 Å². The second-order valence-corrected chi connectivity index (χ2v) is 8.28. The Balaban J connectivity index is 1.73. The fraction of sp³-hybridized carbons (Fsp3) is 0.375. The molecule has 1 atom stereocenters. The Bertz CT molecular complexity index is 1050. The number of amides is 1. The van der Waals surface area contributed by atoms with Crippen molar-refractivity contribution in [3.05, 3.63) is 58.8 Å². The van der Waals surface area contributed by atoms with Crippen LogP contribution in [0.2, 0.25) is 0 Å². The van der Waals surface area contributed by atoms with Gasteiger partial charge in [-0.25, -0.2) is 0 Å². The first-order valence-corrected chi connectivity index (χ1v) is 10.3. The second kappa shape index (κ2) is 7.91. The van der Waals surface area contributed by atoms with Crippen molar-refractivity contribution in [1.82, 2.24) is 4.90 Å². The lowest BCUT2D eigenvalue weighted by Gasteiger charge is -2.31. The van der Waals surface area contributed by atoms with Gasteiger partial charge in [0.15, 0.2) is 0 Å². The van der Waals surface area contributed by atoms with Gasteiger partial charge in [-0.05, 0) is 69.0 Å². The Labute approximate surface area is 171 Å². The zero-order valence-corrected chi connectivity index (χ0v) is 17.3. The van der Waals surface area contributed by atoms with E-state index in [-0.39, 0.29) is 11.7 Å². The van der Waals surface area contributed by atoms with E-state index >= 15 is 0 Å². The van der Waals surface area contributed by atoms with Gasteiger partial charge in [-0.15, -0.1) is 0 Å². The summed E-state index contributed by atoms with van der Waals surface area (Å²) in [6.07, 6.45) is 2.39. The highest BCUT2D eigenvalue weighted by Crippen LogP contribution is 2.35. The van der Waals surface area contributed by atoms with E-state index in [1.807, 2.05) is 31.2 Å². The summed E-state index contributed by atoms with van der Waals surface area (Å²) in [6.45, 7) is 8.66. The minimum absolute atomic E-state index is 0.209. The van der Waals surface area contributed by atoms with Crippen LogP contribution in [0.4, 0.5) is 5.69 Å². The fourth-order valence-corrected chi connectivity index (χ4v) is 4.37. The van der Waals surface area contributed by atoms with Crippen LogP contribution in [0, 0.1) is 19.8 Å². The number of nitrogens with zero attached hydrogens (tertiary/aromatic N) is 1. The monoisotopic (exact) mass is 392 g/mol. The number of benzene rings is 2. The van der Waals surface area contributed by atoms with Crippen molar-refractivity contribution in [2.45, 2.75) is 40.2 Å². The van der Waals surface area contributed by atoms with Gasteiger partial charge in [0.25, 0.3) is 5.91 Å². The molecule has 4 rings (SSSR count). The van der Waals surface area contributed by atoms with Crippen LogP contribution in [0.1, 0.15) is 47.0 Å². The highest BCUT2D eigenvalue weighted by molar-refractivity contribution is 6.14. The molecule has 1 aliphatic heterocycles. The minimum atomic E-state index is -0.217. The smallest absolute Gasteiger partial charge is 0.259 e. The van der Waals surface area contributed by atoms with Gasteiger partial charge >= 0.3 is 0 Å². The number of aromatic hydroxyl groups is 1. The molecule has 0 saturated carbocycles. The van der Waals surface area contributed by atoms with Crippen LogP contribution in [0.5, 0.6) is 5.75 Å². The molecule has 0 spiro atoms. The topological polar surface area (TPSA) is 65.7 Å². The molecule has 1 fully saturated rings. The maximum Gasteiger partial charge on any atom is 0.259 e. The molecular weight excluding hydrogens is 364 g/mol. The predicted octanol–water partition coefficient (Wildman–Crippen LogP) is 5.24. The molecule has 2 N–H and O–H groups in total. The number of aryl methyl sites for hydroxylation is 2. The minimum Gasteiger partial charge on any atom is -0.508 e. The highest BCUT2D eigenvalue weighted by Gasteiger charge is 2.25. The number of hydrogen-bond acceptors (Lipinski definition) is 4. The van der Waals surface area contributed by atoms with E-state index in [0.29, 0.717) is 34.8 Å². The number of phenolic OH excluding ortho intramolecular Hbond substituents is 1. The van der Waals surface area contributed by atoms with Crippen molar-refractivity contribution in [2.24, 2.45) is 5.92 Å². The summed E-state index contributed by atoms with van der Waals surface area (Å²) in [5, 5.41) is 14.3. The van der Waals surface area contributed by atoms with Gasteiger partial charge in [0.1, 0.15) is 17.1 Å². The Morgan fingerprint density at radius 1 is 1.28 bits per heavy atom. The van der Waals surface area contributed by atoms with E-state index < -0.39 is 0 Å². The lowest BCUT2D eigenvalue weighted by Crippen LogP contribution is -2.33. The van der Waals surface area contributed by atoms with E-state index in [9.17, 15) is 9.90 Å². The maximum atomic E-state index is 13.2. The van der Waals surface area contributed by atoms with Crippen molar-refractivity contribution in [3.8, 4) is 5.75 Å². The number of carbonyl (C=O) groups excluding carboxylic acids is 1. The van der Waals surface area contributed by atoms with Crippen molar-refractivity contribution in [3.63, 3.8) is 0 Å². The van der Waals surface area contributed by atoms with Gasteiger partial charge in [0.2, 0.25) is 0 Å². The molecule has 1 amide bonds. The van der Waals surface area contributed by atoms with Crippen LogP contribution in [0.15, 0.2) is 40.8 Å². The number of carbonyl (C=O) groups is 1. The van der Waals surface area contributed by atoms with Crippen LogP contribution < -0.4 is 5.32 Å². The highest BCUT2D eigenvalue weighted by atomic mass is 16.3. The van der Waals surface area contributed by atoms with Gasteiger partial charge in [0.05, 0.1) is 5.56 Å². The number of nitrogens with one attached hydrogen (secondary N) is 1. The maximum absolute atomic E-state index is 13.2. The summed E-state index contributed by atoms with van der Waals surface area (Å²) in [5.74, 6) is 1.19. The molecule has 5 nitrogen and oxygen atoms in total. The first kappa shape index (κ1) is 19.5. The number of phenols is 1. The Kier molecular flexibility index (Phi) is 5.33. The van der Waals surface area contributed by atoms with E-state index in [2.05, 4.69) is 17.1 Å². The average Bonchev–Trinajstić information content (AvgIpc) is 3.00. The van der Waals surface area contributed by atoms with Crippen LogP contribution in [0.3, 0.4) is 0 Å². The number of fused-ring (bicyclic) bond motifs is 1. The molecular formula is C24H28N2O3. The molecule has 29 heavy (non-hydrogen) atoms. The van der Waals surface area contributed by atoms with Gasteiger partial charge in [-0.2, -0.15) is 0 Å². The molecule has 0 aliphatic carbocycles. The summed E-state index contributed by atoms with van der Waals surface area (Å²) in [4.78, 5) is 15.5. The van der Waals surface area contributed by atoms with Gasteiger partial charge in [-0.1, -0.05) is 19.1 Å². The first-order chi connectivity index (χ1) is 13.9. The van der Waals surface area contributed by atoms with Crippen molar-refractivity contribution in [2.75, 3.05) is 18.4 Å². The number of anilines is 1. The molecule has 0 unspecified atom stereocenters. The number of furan rings is 1. The predicted molar refractivity (Wildman–Crippen MR) is 115 cm³/mol. The quantitative estimate of drug-likeness (QED) is 0.637. The first-order valence-electron chi connectivity index (χ1n) is 10.3.